The average Bonchev–Trinajstić information content (AvgIpc) is 2.33. The maximum Gasteiger partial charge on any atom is 0.347 e. The number of carboxylic acids is 1. The Bertz CT molecular complexity index is 533. The van der Waals surface area contributed by atoms with Crippen molar-refractivity contribution in [3.8, 4) is 11.5 Å². The highest BCUT2D eigenvalue weighted by molar-refractivity contribution is 5.78. The van der Waals surface area contributed by atoms with Gasteiger partial charge >= 0.3 is 5.97 Å². The van der Waals surface area contributed by atoms with Crippen molar-refractivity contribution in [2.75, 3.05) is 0 Å². The zero-order valence-electron chi connectivity index (χ0n) is 11.1. The zero-order valence-corrected chi connectivity index (χ0v) is 11.1. The van der Waals surface area contributed by atoms with Crippen molar-refractivity contribution >= 4 is 5.97 Å². The molecule has 98 valence electrons. The van der Waals surface area contributed by atoms with Crippen LogP contribution < -0.4 is 4.74 Å². The number of phenolic OH excluding ortho intramolecular Hbond substituents is 1. The van der Waals surface area contributed by atoms with E-state index < -0.39 is 11.6 Å². The fourth-order valence-corrected chi connectivity index (χ4v) is 2.40. The van der Waals surface area contributed by atoms with Gasteiger partial charge in [0.15, 0.2) is 0 Å². The Hall–Kier alpha value is -1.71. The number of carboxylic acid groups (broad SMARTS) is 1. The molecule has 2 rings (SSSR count). The van der Waals surface area contributed by atoms with Crippen LogP contribution in [-0.2, 0) is 11.2 Å². The van der Waals surface area contributed by atoms with E-state index in [2.05, 4.69) is 0 Å². The molecule has 1 heterocycles. The maximum atomic E-state index is 11.3. The average molecular weight is 252 g/mol. The normalized spacial score (nSPS) is 22.2. The molecule has 0 saturated heterocycles. The summed E-state index contributed by atoms with van der Waals surface area (Å²) >= 11 is 0. The second-order valence-electron chi connectivity index (χ2n) is 5.17. The summed E-state index contributed by atoms with van der Waals surface area (Å²) in [6, 6.07) is 0. The van der Waals surface area contributed by atoms with Crippen molar-refractivity contribution in [2.45, 2.75) is 46.1 Å². The second kappa shape index (κ2) is 3.90. The van der Waals surface area contributed by atoms with E-state index in [1.165, 1.54) is 0 Å². The number of benzene rings is 1. The lowest BCUT2D eigenvalue weighted by molar-refractivity contribution is -0.155. The standard InChI is InChI=1S/C14H18O4/c1-7-8(2)12-10(9(3)11(7)15)5-6-14(4,18-12)13(16)17/h15H,5-6H2,1-4H3,(H,16,17)/t14-/m1/s1/i13+2. The molecule has 0 spiro atoms. The van der Waals surface area contributed by atoms with Gasteiger partial charge in [0.25, 0.3) is 0 Å². The van der Waals surface area contributed by atoms with E-state index in [0.29, 0.717) is 18.6 Å². The number of aliphatic carboxylic acids is 1. The predicted molar refractivity (Wildman–Crippen MR) is 67.3 cm³/mol. The molecule has 1 aromatic rings. The van der Waals surface area contributed by atoms with E-state index in [0.717, 1.165) is 22.3 Å². The van der Waals surface area contributed by atoms with Gasteiger partial charge in [-0.3, -0.25) is 0 Å². The first-order valence-electron chi connectivity index (χ1n) is 6.02. The van der Waals surface area contributed by atoms with Gasteiger partial charge in [0, 0.05) is 12.0 Å². The molecule has 1 aliphatic rings. The molecule has 1 aliphatic heterocycles. The highest BCUT2D eigenvalue weighted by Crippen LogP contribution is 2.43. The minimum Gasteiger partial charge on any atom is -0.507 e. The van der Waals surface area contributed by atoms with Crippen LogP contribution in [0.15, 0.2) is 0 Å². The van der Waals surface area contributed by atoms with Crippen LogP contribution in [-0.4, -0.2) is 21.8 Å². The fraction of sp³-hybridized carbons (Fsp3) is 0.500. The molecule has 4 nitrogen and oxygen atoms in total. The number of hydrogen-bond donors (Lipinski definition) is 2. The van der Waals surface area contributed by atoms with Crippen LogP contribution in [0.1, 0.15) is 35.6 Å². The summed E-state index contributed by atoms with van der Waals surface area (Å²) in [4.78, 5) is 11.3. The lowest BCUT2D eigenvalue weighted by Gasteiger charge is -2.34. The SMILES string of the molecule is Cc1c(C)c2c(c(C)c1O)CC[C@](C)([14C](=O)O)O2. The number of hydrogen-bond acceptors (Lipinski definition) is 3. The first-order chi connectivity index (χ1) is 8.28. The summed E-state index contributed by atoms with van der Waals surface area (Å²) in [6.45, 7) is 7.09. The summed E-state index contributed by atoms with van der Waals surface area (Å²) in [5.41, 5.74) is 2.11. The third kappa shape index (κ3) is 1.64. The molecule has 0 unspecified atom stereocenters. The van der Waals surface area contributed by atoms with Crippen molar-refractivity contribution in [1.82, 2.24) is 0 Å². The quantitative estimate of drug-likeness (QED) is 0.805. The van der Waals surface area contributed by atoms with Gasteiger partial charge in [-0.05, 0) is 50.8 Å². The number of aromatic hydroxyl groups is 1. The minimum absolute atomic E-state index is 0.286. The molecule has 0 bridgehead atoms. The number of ether oxygens (including phenoxy) is 1. The van der Waals surface area contributed by atoms with Crippen LogP contribution in [0, 0.1) is 20.8 Å². The molecule has 1 aromatic carbocycles. The van der Waals surface area contributed by atoms with Crippen LogP contribution in [0.2, 0.25) is 0 Å². The molecule has 0 radical (unpaired) electrons. The Morgan fingerprint density at radius 1 is 1.22 bits per heavy atom. The van der Waals surface area contributed by atoms with E-state index >= 15 is 0 Å². The van der Waals surface area contributed by atoms with E-state index in [9.17, 15) is 15.0 Å². The number of carbonyl (C=O) groups is 1. The highest BCUT2D eigenvalue weighted by atomic mass is 16.7. The molecule has 1 atom stereocenters. The molecule has 0 saturated carbocycles. The van der Waals surface area contributed by atoms with Crippen LogP contribution in [0.4, 0.5) is 0 Å². The Balaban J connectivity index is 2.61. The summed E-state index contributed by atoms with van der Waals surface area (Å²) in [6.07, 6.45) is 1.02. The maximum absolute atomic E-state index is 11.3. The smallest absolute Gasteiger partial charge is 0.347 e. The summed E-state index contributed by atoms with van der Waals surface area (Å²) < 4.78 is 5.72. The van der Waals surface area contributed by atoms with E-state index in [-0.39, 0.29) is 5.75 Å². The lowest BCUT2D eigenvalue weighted by atomic mass is 9.90. The van der Waals surface area contributed by atoms with E-state index in [1.807, 2.05) is 20.8 Å². The van der Waals surface area contributed by atoms with Gasteiger partial charge in [-0.1, -0.05) is 0 Å². The van der Waals surface area contributed by atoms with Crippen molar-refractivity contribution in [2.24, 2.45) is 0 Å². The number of phenols is 1. The molecule has 2 N–H and O–H groups in total. The molecule has 0 fully saturated rings. The first-order valence-corrected chi connectivity index (χ1v) is 6.02. The Morgan fingerprint density at radius 2 is 1.83 bits per heavy atom. The Morgan fingerprint density at radius 3 is 2.39 bits per heavy atom. The molecule has 0 aliphatic carbocycles. The molecule has 18 heavy (non-hydrogen) atoms. The van der Waals surface area contributed by atoms with Crippen molar-refractivity contribution in [3.05, 3.63) is 22.3 Å². The fourth-order valence-electron chi connectivity index (χ4n) is 2.40. The predicted octanol–water partition coefficient (Wildman–Crippen LogP) is 2.49. The Kier molecular flexibility index (Phi) is 2.76. The highest BCUT2D eigenvalue weighted by Gasteiger charge is 2.40. The van der Waals surface area contributed by atoms with Crippen molar-refractivity contribution in [1.29, 1.82) is 0 Å². The van der Waals surface area contributed by atoms with Crippen molar-refractivity contribution < 1.29 is 19.7 Å². The van der Waals surface area contributed by atoms with Crippen LogP contribution in [0.3, 0.4) is 0 Å². The molecular formula is C14H18O4. The van der Waals surface area contributed by atoms with Gasteiger partial charge in [0.2, 0.25) is 5.60 Å². The van der Waals surface area contributed by atoms with Crippen LogP contribution in [0.25, 0.3) is 0 Å². The topological polar surface area (TPSA) is 66.8 Å². The number of rotatable bonds is 1. The first kappa shape index (κ1) is 12.7. The third-order valence-electron chi connectivity index (χ3n) is 3.97. The van der Waals surface area contributed by atoms with Crippen molar-refractivity contribution in [3.63, 3.8) is 0 Å². The van der Waals surface area contributed by atoms with Gasteiger partial charge in [-0.25, -0.2) is 4.79 Å². The minimum atomic E-state index is -1.17. The van der Waals surface area contributed by atoms with Gasteiger partial charge in [0.1, 0.15) is 11.5 Å². The lowest BCUT2D eigenvalue weighted by Crippen LogP contribution is -2.44. The molecule has 0 aromatic heterocycles. The van der Waals surface area contributed by atoms with E-state index in [1.54, 1.807) is 6.92 Å². The summed E-state index contributed by atoms with van der Waals surface area (Å²) in [5.74, 6) is -0.0383. The monoisotopic (exact) mass is 252 g/mol. The molecule has 4 heteroatoms. The van der Waals surface area contributed by atoms with Gasteiger partial charge < -0.3 is 14.9 Å². The molecular weight excluding hydrogens is 234 g/mol. The van der Waals surface area contributed by atoms with Crippen LogP contribution >= 0.6 is 0 Å². The largest absolute Gasteiger partial charge is 0.507 e. The van der Waals surface area contributed by atoms with Gasteiger partial charge in [0.05, 0.1) is 0 Å². The van der Waals surface area contributed by atoms with Gasteiger partial charge in [-0.2, -0.15) is 0 Å². The Labute approximate surface area is 106 Å². The zero-order chi connectivity index (χ0) is 13.7. The molecule has 0 amide bonds. The van der Waals surface area contributed by atoms with Gasteiger partial charge in [-0.15, -0.1) is 0 Å². The second-order valence-corrected chi connectivity index (χ2v) is 5.17. The third-order valence-corrected chi connectivity index (χ3v) is 3.97. The number of fused-ring (bicyclic) bond motifs is 1. The van der Waals surface area contributed by atoms with E-state index in [4.69, 9.17) is 4.74 Å². The summed E-state index contributed by atoms with van der Waals surface area (Å²) in [5, 5.41) is 19.2. The summed E-state index contributed by atoms with van der Waals surface area (Å²) in [7, 11) is 0. The van der Waals surface area contributed by atoms with Crippen LogP contribution in [0.5, 0.6) is 11.5 Å².